The van der Waals surface area contributed by atoms with Crippen LogP contribution in [0.1, 0.15) is 6.92 Å². The first-order valence-electron chi connectivity index (χ1n) is 6.53. The predicted molar refractivity (Wildman–Crippen MR) is 89.7 cm³/mol. The quantitative estimate of drug-likeness (QED) is 0.802. The molecule has 0 aliphatic rings. The maximum Gasteiger partial charge on any atom is 0.265 e. The Morgan fingerprint density at radius 3 is 2.23 bits per heavy atom. The van der Waals surface area contributed by atoms with Gasteiger partial charge in [0.1, 0.15) is 15.7 Å². The highest BCUT2D eigenvalue weighted by Crippen LogP contribution is 2.38. The van der Waals surface area contributed by atoms with Crippen molar-refractivity contribution in [2.24, 2.45) is 0 Å². The third kappa shape index (κ3) is 3.02. The number of anilines is 1. The van der Waals surface area contributed by atoms with E-state index in [0.717, 1.165) is 0 Å². The van der Waals surface area contributed by atoms with Gasteiger partial charge >= 0.3 is 0 Å². The van der Waals surface area contributed by atoms with Gasteiger partial charge in [-0.3, -0.25) is 4.31 Å². The van der Waals surface area contributed by atoms with Crippen LogP contribution in [-0.2, 0) is 10.0 Å². The molecule has 7 heteroatoms. The summed E-state index contributed by atoms with van der Waals surface area (Å²) in [6, 6.07) is 11.7. The Hall–Kier alpha value is -1.43. The molecular formula is C15H15Cl2NO3S. The van der Waals surface area contributed by atoms with Crippen molar-refractivity contribution in [3.05, 3.63) is 52.5 Å². The summed E-state index contributed by atoms with van der Waals surface area (Å²) in [5, 5.41) is 0.0322. The number of hydrogen-bond acceptors (Lipinski definition) is 3. The van der Waals surface area contributed by atoms with Crippen LogP contribution in [-0.4, -0.2) is 22.1 Å². The second-order valence-electron chi connectivity index (χ2n) is 4.40. The van der Waals surface area contributed by atoms with Crippen molar-refractivity contribution >= 4 is 38.9 Å². The Balaban J connectivity index is 2.57. The lowest BCUT2D eigenvalue weighted by Gasteiger charge is -2.23. The number of methoxy groups -OCH3 is 1. The van der Waals surface area contributed by atoms with E-state index in [0.29, 0.717) is 11.4 Å². The summed E-state index contributed by atoms with van der Waals surface area (Å²) >= 11 is 12.2. The summed E-state index contributed by atoms with van der Waals surface area (Å²) in [7, 11) is -2.38. The van der Waals surface area contributed by atoms with Crippen LogP contribution < -0.4 is 9.04 Å². The van der Waals surface area contributed by atoms with Crippen molar-refractivity contribution in [3.8, 4) is 5.75 Å². The topological polar surface area (TPSA) is 46.6 Å². The Morgan fingerprint density at radius 2 is 1.68 bits per heavy atom. The highest BCUT2D eigenvalue weighted by molar-refractivity contribution is 7.93. The molecule has 0 fully saturated rings. The normalized spacial score (nSPS) is 11.3. The van der Waals surface area contributed by atoms with Crippen LogP contribution in [0.15, 0.2) is 47.4 Å². The molecule has 0 atom stereocenters. The van der Waals surface area contributed by atoms with Crippen LogP contribution in [0.3, 0.4) is 0 Å². The number of benzene rings is 2. The summed E-state index contributed by atoms with van der Waals surface area (Å²) in [6.07, 6.45) is 0. The van der Waals surface area contributed by atoms with E-state index in [9.17, 15) is 8.42 Å². The third-order valence-corrected chi connectivity index (χ3v) is 6.05. The Bertz CT molecular complexity index is 764. The molecule has 2 rings (SSSR count). The highest BCUT2D eigenvalue weighted by atomic mass is 35.5. The molecule has 0 aliphatic heterocycles. The van der Waals surface area contributed by atoms with Gasteiger partial charge in [0.15, 0.2) is 0 Å². The minimum absolute atomic E-state index is 0.0459. The number of ether oxygens (including phenoxy) is 1. The SMILES string of the molecule is CCN(c1ccccc1)S(=O)(=O)c1ccc(OC)c(Cl)c1Cl. The summed E-state index contributed by atoms with van der Waals surface area (Å²) < 4.78 is 32.1. The summed E-state index contributed by atoms with van der Waals surface area (Å²) in [5.74, 6) is 0.327. The van der Waals surface area contributed by atoms with Gasteiger partial charge in [0.05, 0.1) is 17.8 Å². The summed E-state index contributed by atoms with van der Waals surface area (Å²) in [5.41, 5.74) is 0.563. The van der Waals surface area contributed by atoms with Crippen molar-refractivity contribution < 1.29 is 13.2 Å². The second kappa shape index (κ2) is 6.77. The fraction of sp³-hybridized carbons (Fsp3) is 0.200. The van der Waals surface area contributed by atoms with Gasteiger partial charge < -0.3 is 4.74 Å². The van der Waals surface area contributed by atoms with Crippen LogP contribution in [0.25, 0.3) is 0 Å². The van der Waals surface area contributed by atoms with Crippen LogP contribution in [0.5, 0.6) is 5.75 Å². The Kier molecular flexibility index (Phi) is 5.21. The highest BCUT2D eigenvalue weighted by Gasteiger charge is 2.28. The van der Waals surface area contributed by atoms with Gasteiger partial charge in [-0.15, -0.1) is 0 Å². The average molecular weight is 360 g/mol. The van der Waals surface area contributed by atoms with Gasteiger partial charge in [-0.2, -0.15) is 0 Å². The van der Waals surface area contributed by atoms with Gasteiger partial charge in [0.2, 0.25) is 0 Å². The molecular weight excluding hydrogens is 345 g/mol. The monoisotopic (exact) mass is 359 g/mol. The number of halogens is 2. The molecule has 0 saturated heterocycles. The molecule has 0 spiro atoms. The van der Waals surface area contributed by atoms with Crippen LogP contribution in [0, 0.1) is 0 Å². The predicted octanol–water partition coefficient (Wildman–Crippen LogP) is 4.22. The molecule has 0 amide bonds. The molecule has 4 nitrogen and oxygen atoms in total. The van der Waals surface area contributed by atoms with Gasteiger partial charge in [0, 0.05) is 6.54 Å². The van der Waals surface area contributed by atoms with E-state index in [-0.39, 0.29) is 21.5 Å². The maximum absolute atomic E-state index is 12.9. The standard InChI is InChI=1S/C15H15Cl2NO3S/c1-3-18(11-7-5-4-6-8-11)22(19,20)13-10-9-12(21-2)14(16)15(13)17/h4-10H,3H2,1-2H3. The molecule has 0 N–H and O–H groups in total. The van der Waals surface area contributed by atoms with Gasteiger partial charge in [-0.1, -0.05) is 41.4 Å². The summed E-state index contributed by atoms with van der Waals surface area (Å²) in [4.78, 5) is -0.0503. The number of rotatable bonds is 5. The second-order valence-corrected chi connectivity index (χ2v) is 6.99. The van der Waals surface area contributed by atoms with Crippen molar-refractivity contribution in [3.63, 3.8) is 0 Å². The van der Waals surface area contributed by atoms with E-state index < -0.39 is 10.0 Å². The lowest BCUT2D eigenvalue weighted by Crippen LogP contribution is -2.31. The largest absolute Gasteiger partial charge is 0.495 e. The Morgan fingerprint density at radius 1 is 1.05 bits per heavy atom. The minimum atomic E-state index is -3.82. The van der Waals surface area contributed by atoms with E-state index in [4.69, 9.17) is 27.9 Å². The zero-order valence-electron chi connectivity index (χ0n) is 12.1. The van der Waals surface area contributed by atoms with E-state index in [1.807, 2.05) is 6.07 Å². The first-order chi connectivity index (χ1) is 10.4. The molecule has 0 aromatic heterocycles. The molecule has 22 heavy (non-hydrogen) atoms. The first-order valence-corrected chi connectivity index (χ1v) is 8.72. The van der Waals surface area contributed by atoms with Crippen molar-refractivity contribution in [2.75, 3.05) is 18.0 Å². The third-order valence-electron chi connectivity index (χ3n) is 3.13. The maximum atomic E-state index is 12.9. The van der Waals surface area contributed by atoms with E-state index in [1.54, 1.807) is 31.2 Å². The number of para-hydroxylation sites is 1. The molecule has 2 aromatic rings. The van der Waals surface area contributed by atoms with Crippen molar-refractivity contribution in [1.82, 2.24) is 0 Å². The zero-order chi connectivity index (χ0) is 16.3. The number of sulfonamides is 1. The van der Waals surface area contributed by atoms with Gasteiger partial charge in [-0.05, 0) is 31.2 Å². The molecule has 0 aliphatic carbocycles. The average Bonchev–Trinajstić information content (AvgIpc) is 2.51. The molecule has 2 aromatic carbocycles. The zero-order valence-corrected chi connectivity index (χ0v) is 14.4. The number of nitrogens with zero attached hydrogens (tertiary/aromatic N) is 1. The van der Waals surface area contributed by atoms with E-state index in [1.165, 1.54) is 23.5 Å². The smallest absolute Gasteiger partial charge is 0.265 e. The molecule has 0 heterocycles. The number of hydrogen-bond donors (Lipinski definition) is 0. The van der Waals surface area contributed by atoms with Crippen LogP contribution >= 0.6 is 23.2 Å². The first kappa shape index (κ1) is 16.9. The molecule has 0 bridgehead atoms. The fourth-order valence-electron chi connectivity index (χ4n) is 2.08. The van der Waals surface area contributed by atoms with Crippen LogP contribution in [0.4, 0.5) is 5.69 Å². The molecule has 0 radical (unpaired) electrons. The lowest BCUT2D eigenvalue weighted by atomic mass is 10.3. The van der Waals surface area contributed by atoms with Gasteiger partial charge in [0.25, 0.3) is 10.0 Å². The molecule has 0 unspecified atom stereocenters. The van der Waals surface area contributed by atoms with E-state index in [2.05, 4.69) is 0 Å². The molecule has 118 valence electrons. The van der Waals surface area contributed by atoms with Crippen molar-refractivity contribution in [2.45, 2.75) is 11.8 Å². The lowest BCUT2D eigenvalue weighted by molar-refractivity contribution is 0.414. The minimum Gasteiger partial charge on any atom is -0.495 e. The Labute approximate surface area is 140 Å². The van der Waals surface area contributed by atoms with Crippen LogP contribution in [0.2, 0.25) is 10.0 Å². The molecule has 0 saturated carbocycles. The van der Waals surface area contributed by atoms with Crippen molar-refractivity contribution in [1.29, 1.82) is 0 Å². The fourth-order valence-corrected chi connectivity index (χ4v) is 4.37. The summed E-state index contributed by atoms with van der Waals surface area (Å²) in [6.45, 7) is 2.02. The van der Waals surface area contributed by atoms with Gasteiger partial charge in [-0.25, -0.2) is 8.42 Å². The van der Waals surface area contributed by atoms with E-state index >= 15 is 0 Å².